The summed E-state index contributed by atoms with van der Waals surface area (Å²) in [6, 6.07) is 59.7. The maximum Gasteiger partial charge on any atom is 0.0998 e. The van der Waals surface area contributed by atoms with Gasteiger partial charge in [0.15, 0.2) is 0 Å². The van der Waals surface area contributed by atoms with Crippen molar-refractivity contribution in [3.05, 3.63) is 169 Å². The van der Waals surface area contributed by atoms with E-state index in [1.807, 2.05) is 6.07 Å². The molecule has 0 saturated heterocycles. The Balaban J connectivity index is 1.23. The third-order valence-electron chi connectivity index (χ3n) is 10.2. The van der Waals surface area contributed by atoms with Gasteiger partial charge < -0.3 is 9.13 Å². The van der Waals surface area contributed by atoms with Crippen molar-refractivity contribution in [3.63, 3.8) is 0 Å². The van der Waals surface area contributed by atoms with Crippen LogP contribution in [0.1, 0.15) is 11.1 Å². The molecule has 0 aliphatic carbocycles. The number of para-hydroxylation sites is 3. The minimum atomic E-state index is 0.501. The molecule has 0 saturated carbocycles. The molecule has 0 atom stereocenters. The van der Waals surface area contributed by atoms with Crippen molar-refractivity contribution in [3.8, 4) is 34.6 Å². The topological polar surface area (TPSA) is 57.4 Å². The van der Waals surface area contributed by atoms with Gasteiger partial charge in [-0.3, -0.25) is 0 Å². The quantitative estimate of drug-likeness (QED) is 0.182. The van der Waals surface area contributed by atoms with Crippen LogP contribution in [0, 0.1) is 22.7 Å². The fourth-order valence-electron chi connectivity index (χ4n) is 8.04. The van der Waals surface area contributed by atoms with Crippen molar-refractivity contribution in [1.82, 2.24) is 9.13 Å². The molecule has 10 rings (SSSR count). The van der Waals surface area contributed by atoms with Crippen molar-refractivity contribution >= 4 is 65.2 Å². The molecule has 0 radical (unpaired) electrons. The van der Waals surface area contributed by atoms with Gasteiger partial charge in [0.05, 0.1) is 45.3 Å². The van der Waals surface area contributed by atoms with E-state index in [4.69, 9.17) is 0 Å². The summed E-state index contributed by atoms with van der Waals surface area (Å²) in [5.74, 6) is 0. The summed E-state index contributed by atoms with van der Waals surface area (Å²) in [5.41, 5.74) is 9.52. The van der Waals surface area contributed by atoms with Gasteiger partial charge in [-0.15, -0.1) is 0 Å². The van der Waals surface area contributed by atoms with E-state index >= 15 is 0 Å². The maximum absolute atomic E-state index is 9.79. The summed E-state index contributed by atoms with van der Waals surface area (Å²) >= 11 is 0. The highest BCUT2D eigenvalue weighted by molar-refractivity contribution is 6.26. The van der Waals surface area contributed by atoms with Crippen LogP contribution in [-0.4, -0.2) is 9.13 Å². The van der Waals surface area contributed by atoms with E-state index in [0.717, 1.165) is 38.5 Å². The molecule has 50 heavy (non-hydrogen) atoms. The van der Waals surface area contributed by atoms with Crippen molar-refractivity contribution in [2.24, 2.45) is 0 Å². The molecule has 0 amide bonds. The number of nitrogens with zero attached hydrogens (tertiary/aromatic N) is 4. The maximum atomic E-state index is 9.79. The van der Waals surface area contributed by atoms with Crippen LogP contribution >= 0.6 is 0 Å². The van der Waals surface area contributed by atoms with Gasteiger partial charge in [-0.25, -0.2) is 0 Å². The Morgan fingerprint density at radius 1 is 0.400 bits per heavy atom. The van der Waals surface area contributed by atoms with Crippen LogP contribution < -0.4 is 0 Å². The Hall–Kier alpha value is -7.14. The molecule has 0 N–H and O–H groups in total. The lowest BCUT2D eigenvalue weighted by atomic mass is 9.92. The van der Waals surface area contributed by atoms with E-state index in [1.165, 1.54) is 43.6 Å². The highest BCUT2D eigenvalue weighted by Crippen LogP contribution is 2.42. The zero-order valence-electron chi connectivity index (χ0n) is 26.8. The fraction of sp³-hybridized carbons (Fsp3) is 0. The van der Waals surface area contributed by atoms with Crippen LogP contribution in [-0.2, 0) is 0 Å². The molecule has 230 valence electrons. The summed E-state index contributed by atoms with van der Waals surface area (Å²) in [7, 11) is 0. The molecule has 2 aromatic heterocycles. The first-order chi connectivity index (χ1) is 24.7. The summed E-state index contributed by atoms with van der Waals surface area (Å²) in [4.78, 5) is 0. The number of benzene rings is 8. The van der Waals surface area contributed by atoms with Crippen LogP contribution in [0.5, 0.6) is 0 Å². The first kappa shape index (κ1) is 27.9. The Kier molecular flexibility index (Phi) is 5.97. The first-order valence-corrected chi connectivity index (χ1v) is 16.6. The molecule has 4 heteroatoms. The molecule has 10 aromatic rings. The average molecular weight is 635 g/mol. The van der Waals surface area contributed by atoms with Gasteiger partial charge in [0.25, 0.3) is 0 Å². The van der Waals surface area contributed by atoms with E-state index < -0.39 is 0 Å². The van der Waals surface area contributed by atoms with Crippen molar-refractivity contribution in [2.45, 2.75) is 0 Å². The average Bonchev–Trinajstić information content (AvgIpc) is 3.70. The van der Waals surface area contributed by atoms with Gasteiger partial charge in [-0.1, -0.05) is 97.1 Å². The van der Waals surface area contributed by atoms with Gasteiger partial charge in [-0.05, 0) is 87.8 Å². The van der Waals surface area contributed by atoms with Gasteiger partial charge in [-0.2, -0.15) is 10.5 Å². The summed E-state index contributed by atoms with van der Waals surface area (Å²) in [6.07, 6.45) is 0. The highest BCUT2D eigenvalue weighted by atomic mass is 15.0. The highest BCUT2D eigenvalue weighted by Gasteiger charge is 2.21. The van der Waals surface area contributed by atoms with E-state index in [2.05, 4.69) is 155 Å². The van der Waals surface area contributed by atoms with Gasteiger partial charge in [0, 0.05) is 38.5 Å². The standard InChI is InChI=1S/C46H26N4/c47-27-32-9-8-10-33(28-48)44(32)31-19-21-36-29(25-31)17-18-30-26-35(20-22-37(30)36)50-41-15-6-4-13-38(41)39-23-24-43-45(46(39)50)40-14-5-7-16-42(40)49(43)34-11-2-1-3-12-34/h1-26H. The molecule has 8 aromatic carbocycles. The number of rotatable bonds is 3. The lowest BCUT2D eigenvalue weighted by Gasteiger charge is -2.13. The minimum absolute atomic E-state index is 0.501. The fourth-order valence-corrected chi connectivity index (χ4v) is 8.04. The van der Waals surface area contributed by atoms with Crippen molar-refractivity contribution in [2.75, 3.05) is 0 Å². The number of hydrogen-bond donors (Lipinski definition) is 0. The second-order valence-electron chi connectivity index (χ2n) is 12.8. The normalized spacial score (nSPS) is 11.6. The lowest BCUT2D eigenvalue weighted by molar-refractivity contribution is 1.18. The number of nitriles is 2. The molecule has 4 nitrogen and oxygen atoms in total. The number of aromatic nitrogens is 2. The predicted octanol–water partition coefficient (Wildman–Crippen LogP) is 11.6. The molecule has 0 bridgehead atoms. The SMILES string of the molecule is N#Cc1cccc(C#N)c1-c1ccc2c(ccc3cc(-n4c5ccccc5c5ccc6c(c7ccccc7n6-c6ccccc6)c54)ccc32)c1. The summed E-state index contributed by atoms with van der Waals surface area (Å²) in [6.45, 7) is 0. The Morgan fingerprint density at radius 2 is 1.02 bits per heavy atom. The first-order valence-electron chi connectivity index (χ1n) is 16.6. The molecule has 0 unspecified atom stereocenters. The third kappa shape index (κ3) is 3.91. The van der Waals surface area contributed by atoms with Gasteiger partial charge in [0.1, 0.15) is 0 Å². The third-order valence-corrected chi connectivity index (χ3v) is 10.2. The summed E-state index contributed by atoms with van der Waals surface area (Å²) < 4.78 is 4.81. The van der Waals surface area contributed by atoms with Crippen LogP contribution in [0.25, 0.3) is 87.7 Å². The monoisotopic (exact) mass is 634 g/mol. The van der Waals surface area contributed by atoms with E-state index in [9.17, 15) is 10.5 Å². The largest absolute Gasteiger partial charge is 0.309 e. The predicted molar refractivity (Wildman–Crippen MR) is 205 cm³/mol. The molecule has 2 heterocycles. The van der Waals surface area contributed by atoms with Gasteiger partial charge in [0.2, 0.25) is 0 Å². The van der Waals surface area contributed by atoms with Crippen molar-refractivity contribution in [1.29, 1.82) is 10.5 Å². The van der Waals surface area contributed by atoms with Crippen LogP contribution in [0.2, 0.25) is 0 Å². The smallest absolute Gasteiger partial charge is 0.0998 e. The molecule has 0 aliphatic heterocycles. The van der Waals surface area contributed by atoms with E-state index in [-0.39, 0.29) is 0 Å². The molecular weight excluding hydrogens is 609 g/mol. The molecule has 0 aliphatic rings. The lowest BCUT2D eigenvalue weighted by Crippen LogP contribution is -1.95. The van der Waals surface area contributed by atoms with E-state index in [0.29, 0.717) is 16.7 Å². The van der Waals surface area contributed by atoms with Crippen LogP contribution in [0.3, 0.4) is 0 Å². The van der Waals surface area contributed by atoms with Crippen LogP contribution in [0.15, 0.2) is 158 Å². The zero-order chi connectivity index (χ0) is 33.3. The Labute approximate surface area is 287 Å². The Morgan fingerprint density at radius 3 is 1.76 bits per heavy atom. The summed E-state index contributed by atoms with van der Waals surface area (Å²) in [5, 5.41) is 29.0. The molecule has 0 spiro atoms. The van der Waals surface area contributed by atoms with Gasteiger partial charge >= 0.3 is 0 Å². The second kappa shape index (κ2) is 10.7. The number of fused-ring (bicyclic) bond motifs is 10. The zero-order valence-corrected chi connectivity index (χ0v) is 26.8. The Bertz CT molecular complexity index is 3080. The second-order valence-corrected chi connectivity index (χ2v) is 12.8. The van der Waals surface area contributed by atoms with Crippen LogP contribution in [0.4, 0.5) is 0 Å². The molecular formula is C46H26N4. The van der Waals surface area contributed by atoms with Crippen molar-refractivity contribution < 1.29 is 0 Å². The van der Waals surface area contributed by atoms with E-state index in [1.54, 1.807) is 18.2 Å². The number of hydrogen-bond acceptors (Lipinski definition) is 2. The molecule has 0 fully saturated rings. The minimum Gasteiger partial charge on any atom is -0.309 e.